The first-order valence-electron chi connectivity index (χ1n) is 8.87. The Balaban J connectivity index is 1.91. The van der Waals surface area contributed by atoms with E-state index in [1.165, 1.54) is 0 Å². The highest BCUT2D eigenvalue weighted by Crippen LogP contribution is 2.36. The van der Waals surface area contributed by atoms with Gasteiger partial charge >= 0.3 is 0 Å². The van der Waals surface area contributed by atoms with Crippen LogP contribution in [-0.4, -0.2) is 35.2 Å². The normalized spacial score (nSPS) is 18.0. The number of allylic oxidation sites excluding steroid dienone is 1. The molecule has 1 aliphatic carbocycles. The van der Waals surface area contributed by atoms with E-state index in [0.29, 0.717) is 35.6 Å². The van der Waals surface area contributed by atoms with Crippen LogP contribution in [0.3, 0.4) is 0 Å². The van der Waals surface area contributed by atoms with E-state index in [4.69, 9.17) is 0 Å². The van der Waals surface area contributed by atoms with Crippen LogP contribution in [0, 0.1) is 0 Å². The Labute approximate surface area is 153 Å². The predicted molar refractivity (Wildman–Crippen MR) is 102 cm³/mol. The molecule has 0 N–H and O–H groups in total. The van der Waals surface area contributed by atoms with Crippen molar-refractivity contribution in [3.63, 3.8) is 0 Å². The van der Waals surface area contributed by atoms with E-state index in [-0.39, 0.29) is 17.1 Å². The Kier molecular flexibility index (Phi) is 3.81. The molecule has 0 saturated carbocycles. The van der Waals surface area contributed by atoms with E-state index in [1.807, 2.05) is 47.4 Å². The van der Waals surface area contributed by atoms with Crippen molar-refractivity contribution in [2.45, 2.75) is 26.3 Å². The molecule has 26 heavy (non-hydrogen) atoms. The topological polar surface area (TPSA) is 40.6 Å². The Morgan fingerprint density at radius 3 is 2.00 bits per heavy atom. The van der Waals surface area contributed by atoms with Gasteiger partial charge < -0.3 is 4.90 Å². The highest BCUT2D eigenvalue weighted by molar-refractivity contribution is 6.28. The first-order valence-corrected chi connectivity index (χ1v) is 8.87. The molecule has 0 saturated heterocycles. The van der Waals surface area contributed by atoms with Gasteiger partial charge in [-0.1, -0.05) is 42.5 Å². The maximum absolute atomic E-state index is 13.3. The smallest absolute Gasteiger partial charge is 0.210 e. The first kappa shape index (κ1) is 16.7. The number of para-hydroxylation sites is 1. The van der Waals surface area contributed by atoms with Crippen molar-refractivity contribution in [3.8, 4) is 0 Å². The molecule has 1 heterocycles. The van der Waals surface area contributed by atoms with Crippen molar-refractivity contribution in [1.82, 2.24) is 4.90 Å². The molecular formula is C22H22N2O2. The van der Waals surface area contributed by atoms with Crippen LogP contribution in [0.25, 0.3) is 0 Å². The summed E-state index contributed by atoms with van der Waals surface area (Å²) in [5, 5.41) is 0. The summed E-state index contributed by atoms with van der Waals surface area (Å²) >= 11 is 0. The molecule has 0 spiro atoms. The lowest BCUT2D eigenvalue weighted by molar-refractivity contribution is 0.0911. The maximum atomic E-state index is 13.3. The van der Waals surface area contributed by atoms with Crippen LogP contribution in [0.4, 0.5) is 5.69 Å². The molecule has 0 bridgehead atoms. The summed E-state index contributed by atoms with van der Waals surface area (Å²) in [5.41, 5.74) is 2.95. The molecule has 4 nitrogen and oxygen atoms in total. The predicted octanol–water partition coefficient (Wildman–Crippen LogP) is 3.90. The Bertz CT molecular complexity index is 923. The molecule has 4 rings (SSSR count). The largest absolute Gasteiger partial charge is 0.324 e. The molecule has 0 atom stereocenters. The summed E-state index contributed by atoms with van der Waals surface area (Å²) < 4.78 is 0. The number of nitrogens with zero attached hydrogens (tertiary/aromatic N) is 2. The highest BCUT2D eigenvalue weighted by atomic mass is 16.1. The van der Waals surface area contributed by atoms with E-state index in [1.54, 1.807) is 12.1 Å². The SMILES string of the molecule is CC(C)(C)N1CC2=C(C(=O)c3ccccc3C2=O)N(c2ccccc2)C1. The monoisotopic (exact) mass is 346 g/mol. The molecule has 2 aliphatic rings. The number of rotatable bonds is 1. The average molecular weight is 346 g/mol. The van der Waals surface area contributed by atoms with Crippen molar-refractivity contribution < 1.29 is 9.59 Å². The molecular weight excluding hydrogens is 324 g/mol. The van der Waals surface area contributed by atoms with Gasteiger partial charge in [0, 0.05) is 34.5 Å². The fourth-order valence-electron chi connectivity index (χ4n) is 3.60. The molecule has 0 radical (unpaired) electrons. The molecule has 132 valence electrons. The Morgan fingerprint density at radius 2 is 1.38 bits per heavy atom. The van der Waals surface area contributed by atoms with Gasteiger partial charge in [0.05, 0.1) is 12.4 Å². The van der Waals surface area contributed by atoms with Gasteiger partial charge in [0.2, 0.25) is 5.78 Å². The number of fused-ring (bicyclic) bond motifs is 1. The zero-order valence-electron chi connectivity index (χ0n) is 15.3. The lowest BCUT2D eigenvalue weighted by Crippen LogP contribution is -2.55. The second-order valence-electron chi connectivity index (χ2n) is 7.80. The zero-order chi connectivity index (χ0) is 18.5. The molecule has 4 heteroatoms. The second kappa shape index (κ2) is 5.92. The number of ketones is 2. The number of benzene rings is 2. The van der Waals surface area contributed by atoms with Crippen molar-refractivity contribution in [3.05, 3.63) is 77.0 Å². The van der Waals surface area contributed by atoms with Crippen LogP contribution in [0.1, 0.15) is 41.5 Å². The number of carbonyl (C=O) groups excluding carboxylic acids is 2. The fourth-order valence-corrected chi connectivity index (χ4v) is 3.60. The minimum atomic E-state index is -0.119. The Hall–Kier alpha value is -2.72. The van der Waals surface area contributed by atoms with Gasteiger partial charge in [0.1, 0.15) is 0 Å². The number of Topliss-reactive ketones (excluding diaryl/α,β-unsaturated/α-hetero) is 2. The lowest BCUT2D eigenvalue weighted by Gasteiger charge is -2.46. The van der Waals surface area contributed by atoms with Crippen molar-refractivity contribution in [2.24, 2.45) is 0 Å². The molecule has 1 aliphatic heterocycles. The van der Waals surface area contributed by atoms with E-state index in [0.717, 1.165) is 5.69 Å². The molecule has 2 aromatic carbocycles. The minimum Gasteiger partial charge on any atom is -0.324 e. The lowest BCUT2D eigenvalue weighted by atomic mass is 9.84. The van der Waals surface area contributed by atoms with Gasteiger partial charge in [-0.3, -0.25) is 14.5 Å². The minimum absolute atomic E-state index is 0.0370. The number of carbonyl (C=O) groups is 2. The van der Waals surface area contributed by atoms with E-state index in [9.17, 15) is 9.59 Å². The number of hydrogen-bond acceptors (Lipinski definition) is 4. The van der Waals surface area contributed by atoms with Gasteiger partial charge in [0.25, 0.3) is 0 Å². The quantitative estimate of drug-likeness (QED) is 0.785. The van der Waals surface area contributed by atoms with Gasteiger partial charge in [0.15, 0.2) is 5.78 Å². The molecule has 2 aromatic rings. The molecule has 0 amide bonds. The van der Waals surface area contributed by atoms with Gasteiger partial charge in [-0.2, -0.15) is 0 Å². The van der Waals surface area contributed by atoms with Gasteiger partial charge in [-0.05, 0) is 32.9 Å². The van der Waals surface area contributed by atoms with Crippen LogP contribution in [0.5, 0.6) is 0 Å². The number of hydrogen-bond donors (Lipinski definition) is 0. The van der Waals surface area contributed by atoms with E-state index < -0.39 is 0 Å². The van der Waals surface area contributed by atoms with Crippen molar-refractivity contribution in [2.75, 3.05) is 18.1 Å². The fraction of sp³-hybridized carbons (Fsp3) is 0.273. The number of anilines is 1. The van der Waals surface area contributed by atoms with Crippen LogP contribution in [0.15, 0.2) is 65.9 Å². The summed E-state index contributed by atoms with van der Waals surface area (Å²) in [6.07, 6.45) is 0. The molecule has 0 fully saturated rings. The maximum Gasteiger partial charge on any atom is 0.210 e. The molecule has 0 unspecified atom stereocenters. The van der Waals surface area contributed by atoms with Crippen molar-refractivity contribution >= 4 is 17.3 Å². The summed E-state index contributed by atoms with van der Waals surface area (Å²) in [4.78, 5) is 30.7. The average Bonchev–Trinajstić information content (AvgIpc) is 2.65. The summed E-state index contributed by atoms with van der Waals surface area (Å²) in [5.74, 6) is -0.0994. The van der Waals surface area contributed by atoms with Crippen LogP contribution in [-0.2, 0) is 0 Å². The third-order valence-electron chi connectivity index (χ3n) is 5.14. The third-order valence-corrected chi connectivity index (χ3v) is 5.14. The van der Waals surface area contributed by atoms with Crippen LogP contribution in [0.2, 0.25) is 0 Å². The second-order valence-corrected chi connectivity index (χ2v) is 7.80. The summed E-state index contributed by atoms with van der Waals surface area (Å²) in [6.45, 7) is 7.45. The zero-order valence-corrected chi connectivity index (χ0v) is 15.3. The summed E-state index contributed by atoms with van der Waals surface area (Å²) in [7, 11) is 0. The third kappa shape index (κ3) is 2.58. The molecule has 0 aromatic heterocycles. The van der Waals surface area contributed by atoms with E-state index in [2.05, 4.69) is 25.7 Å². The highest BCUT2D eigenvalue weighted by Gasteiger charge is 2.41. The van der Waals surface area contributed by atoms with Crippen molar-refractivity contribution in [1.29, 1.82) is 0 Å². The van der Waals surface area contributed by atoms with Gasteiger partial charge in [-0.15, -0.1) is 0 Å². The summed E-state index contributed by atoms with van der Waals surface area (Å²) in [6, 6.07) is 16.9. The van der Waals surface area contributed by atoms with Gasteiger partial charge in [-0.25, -0.2) is 0 Å². The Morgan fingerprint density at radius 1 is 0.808 bits per heavy atom. The standard InChI is InChI=1S/C22H22N2O2/c1-22(2,3)23-13-18-19(24(14-23)15-9-5-4-6-10-15)21(26)17-12-8-7-11-16(17)20(18)25/h4-12H,13-14H2,1-3H3. The van der Waals surface area contributed by atoms with E-state index >= 15 is 0 Å². The van der Waals surface area contributed by atoms with Crippen LogP contribution >= 0.6 is 0 Å². The van der Waals surface area contributed by atoms with Crippen LogP contribution < -0.4 is 4.90 Å². The first-order chi connectivity index (χ1) is 12.4.